The van der Waals surface area contributed by atoms with Crippen molar-refractivity contribution in [2.24, 2.45) is 5.92 Å². The molecule has 164 valence electrons. The number of thiocarbonyl (C=S) groups is 1. The Balaban J connectivity index is 1.56. The fraction of sp³-hybridized carbons (Fsp3) is 0.435. The molecule has 8 heteroatoms. The summed E-state index contributed by atoms with van der Waals surface area (Å²) in [5, 5.41) is 7.17. The van der Waals surface area contributed by atoms with Crippen LogP contribution in [0.5, 0.6) is 11.5 Å². The molecule has 1 amide bonds. The van der Waals surface area contributed by atoms with E-state index in [0.29, 0.717) is 25.7 Å². The van der Waals surface area contributed by atoms with Crippen molar-refractivity contribution in [2.75, 3.05) is 27.3 Å². The second-order valence-electron chi connectivity index (χ2n) is 7.99. The number of carbonyl (C=O) groups is 1. The van der Waals surface area contributed by atoms with E-state index < -0.39 is 0 Å². The SMILES string of the molecule is COc1ccc(OC)c([C@@H]2CN(C(=S)NC3CC3)C[C@@H]2C(=O)NCc2ccccn2)c1. The maximum Gasteiger partial charge on any atom is 0.225 e. The summed E-state index contributed by atoms with van der Waals surface area (Å²) in [4.78, 5) is 19.7. The summed E-state index contributed by atoms with van der Waals surface area (Å²) in [5.41, 5.74) is 1.78. The van der Waals surface area contributed by atoms with Crippen LogP contribution in [0.2, 0.25) is 0 Å². The van der Waals surface area contributed by atoms with Crippen LogP contribution >= 0.6 is 12.2 Å². The van der Waals surface area contributed by atoms with Crippen molar-refractivity contribution in [3.8, 4) is 11.5 Å². The number of pyridine rings is 1. The molecule has 0 bridgehead atoms. The van der Waals surface area contributed by atoms with Crippen LogP contribution in [0.1, 0.15) is 30.0 Å². The summed E-state index contributed by atoms with van der Waals surface area (Å²) in [5.74, 6) is 1.12. The van der Waals surface area contributed by atoms with Gasteiger partial charge in [-0.1, -0.05) is 6.07 Å². The van der Waals surface area contributed by atoms with Gasteiger partial charge in [-0.25, -0.2) is 0 Å². The number of hydrogen-bond donors (Lipinski definition) is 2. The topological polar surface area (TPSA) is 75.7 Å². The van der Waals surface area contributed by atoms with Gasteiger partial charge in [-0.2, -0.15) is 0 Å². The van der Waals surface area contributed by atoms with E-state index in [4.69, 9.17) is 21.7 Å². The van der Waals surface area contributed by atoms with Crippen LogP contribution in [-0.2, 0) is 11.3 Å². The van der Waals surface area contributed by atoms with Gasteiger partial charge in [0.25, 0.3) is 0 Å². The average Bonchev–Trinajstić information content (AvgIpc) is 3.51. The number of nitrogens with zero attached hydrogens (tertiary/aromatic N) is 2. The number of carbonyl (C=O) groups excluding carboxylic acids is 1. The molecule has 2 fully saturated rings. The first-order valence-corrected chi connectivity index (χ1v) is 10.9. The van der Waals surface area contributed by atoms with Crippen molar-refractivity contribution in [3.63, 3.8) is 0 Å². The van der Waals surface area contributed by atoms with E-state index >= 15 is 0 Å². The minimum absolute atomic E-state index is 0.0164. The van der Waals surface area contributed by atoms with Crippen LogP contribution in [0, 0.1) is 5.92 Å². The molecule has 1 aromatic heterocycles. The van der Waals surface area contributed by atoms with E-state index in [1.165, 1.54) is 0 Å². The van der Waals surface area contributed by atoms with Gasteiger partial charge in [0.05, 0.1) is 32.4 Å². The Morgan fingerprint density at radius 2 is 2.03 bits per heavy atom. The zero-order chi connectivity index (χ0) is 21.8. The second-order valence-corrected chi connectivity index (χ2v) is 8.38. The average molecular weight is 441 g/mol. The number of hydrogen-bond acceptors (Lipinski definition) is 5. The third kappa shape index (κ3) is 5.07. The highest BCUT2D eigenvalue weighted by molar-refractivity contribution is 7.80. The Labute approximate surface area is 188 Å². The molecular formula is C23H28N4O3S. The van der Waals surface area contributed by atoms with Crippen LogP contribution in [0.25, 0.3) is 0 Å². The standard InChI is InChI=1S/C23H28N4O3S/c1-29-17-8-9-21(30-2)18(11-17)19-13-27(23(31)26-15-6-7-15)14-20(19)22(28)25-12-16-5-3-4-10-24-16/h3-5,8-11,15,19-20H,6-7,12-14H2,1-2H3,(H,25,28)(H,26,31)/t19-,20-/m0/s1. The Morgan fingerprint density at radius 3 is 2.71 bits per heavy atom. The highest BCUT2D eigenvalue weighted by Crippen LogP contribution is 2.39. The quantitative estimate of drug-likeness (QED) is 0.641. The van der Waals surface area contributed by atoms with Crippen molar-refractivity contribution < 1.29 is 14.3 Å². The van der Waals surface area contributed by atoms with Gasteiger partial charge in [0, 0.05) is 36.8 Å². The number of rotatable bonds is 7. The van der Waals surface area contributed by atoms with Gasteiger partial charge >= 0.3 is 0 Å². The molecule has 7 nitrogen and oxygen atoms in total. The van der Waals surface area contributed by atoms with Gasteiger partial charge in [0.15, 0.2) is 5.11 Å². The molecule has 2 aliphatic rings. The van der Waals surface area contributed by atoms with Crippen LogP contribution in [0.4, 0.5) is 0 Å². The second kappa shape index (κ2) is 9.51. The monoisotopic (exact) mass is 440 g/mol. The molecule has 1 saturated heterocycles. The van der Waals surface area contributed by atoms with Crippen molar-refractivity contribution in [1.29, 1.82) is 0 Å². The molecule has 1 saturated carbocycles. The summed E-state index contributed by atoms with van der Waals surface area (Å²) in [6.45, 7) is 1.59. The van der Waals surface area contributed by atoms with Crippen LogP contribution in [0.3, 0.4) is 0 Å². The number of nitrogens with one attached hydrogen (secondary N) is 2. The van der Waals surface area contributed by atoms with Crippen molar-refractivity contribution in [1.82, 2.24) is 20.5 Å². The predicted octanol–water partition coefficient (Wildman–Crippen LogP) is 2.47. The van der Waals surface area contributed by atoms with Gasteiger partial charge in [0.1, 0.15) is 11.5 Å². The lowest BCUT2D eigenvalue weighted by molar-refractivity contribution is -0.125. The van der Waals surface area contributed by atoms with Crippen LogP contribution < -0.4 is 20.1 Å². The highest BCUT2D eigenvalue weighted by Gasteiger charge is 2.41. The molecule has 1 aliphatic carbocycles. The smallest absolute Gasteiger partial charge is 0.225 e. The fourth-order valence-corrected chi connectivity index (χ4v) is 4.30. The van der Waals surface area contributed by atoms with Crippen molar-refractivity contribution >= 4 is 23.2 Å². The minimum Gasteiger partial charge on any atom is -0.497 e. The minimum atomic E-state index is -0.274. The summed E-state index contributed by atoms with van der Waals surface area (Å²) >= 11 is 5.64. The summed E-state index contributed by atoms with van der Waals surface area (Å²) in [7, 11) is 3.28. The first kappa shape index (κ1) is 21.4. The van der Waals surface area contributed by atoms with E-state index in [9.17, 15) is 4.79 Å². The lowest BCUT2D eigenvalue weighted by Crippen LogP contribution is -2.40. The number of benzene rings is 1. The predicted molar refractivity (Wildman–Crippen MR) is 122 cm³/mol. The zero-order valence-electron chi connectivity index (χ0n) is 17.8. The van der Waals surface area contributed by atoms with Gasteiger partial charge in [-0.3, -0.25) is 9.78 Å². The van der Waals surface area contributed by atoms with Crippen LogP contribution in [0.15, 0.2) is 42.6 Å². The molecule has 31 heavy (non-hydrogen) atoms. The van der Waals surface area contributed by atoms with Gasteiger partial charge < -0.3 is 25.0 Å². The third-order valence-electron chi connectivity index (χ3n) is 5.86. The molecule has 1 aromatic carbocycles. The van der Waals surface area contributed by atoms with E-state index in [1.54, 1.807) is 20.4 Å². The molecule has 4 rings (SSSR count). The summed E-state index contributed by atoms with van der Waals surface area (Å²) < 4.78 is 11.1. The lowest BCUT2D eigenvalue weighted by Gasteiger charge is -2.21. The molecule has 2 heterocycles. The van der Waals surface area contributed by atoms with E-state index in [2.05, 4.69) is 20.5 Å². The maximum atomic E-state index is 13.3. The molecule has 2 atom stereocenters. The molecule has 1 aliphatic heterocycles. The number of aromatic nitrogens is 1. The first-order valence-electron chi connectivity index (χ1n) is 10.5. The number of amides is 1. The maximum absolute atomic E-state index is 13.3. The molecule has 0 spiro atoms. The molecule has 2 aromatic rings. The number of ether oxygens (including phenoxy) is 2. The van der Waals surface area contributed by atoms with Gasteiger partial charge in [0.2, 0.25) is 5.91 Å². The Kier molecular flexibility index (Phi) is 6.56. The largest absolute Gasteiger partial charge is 0.497 e. The molecule has 2 N–H and O–H groups in total. The number of likely N-dealkylation sites (tertiary alicyclic amines) is 1. The first-order chi connectivity index (χ1) is 15.1. The summed E-state index contributed by atoms with van der Waals surface area (Å²) in [6.07, 6.45) is 4.02. The highest BCUT2D eigenvalue weighted by atomic mass is 32.1. The van der Waals surface area contributed by atoms with E-state index in [-0.39, 0.29) is 17.7 Å². The molecule has 0 radical (unpaired) electrons. The Hall–Kier alpha value is -2.87. The van der Waals surface area contributed by atoms with Crippen molar-refractivity contribution in [3.05, 3.63) is 53.9 Å². The van der Waals surface area contributed by atoms with Gasteiger partial charge in [-0.05, 0) is 55.4 Å². The van der Waals surface area contributed by atoms with Gasteiger partial charge in [-0.15, -0.1) is 0 Å². The Morgan fingerprint density at radius 1 is 1.19 bits per heavy atom. The van der Waals surface area contributed by atoms with E-state index in [1.807, 2.05) is 36.4 Å². The zero-order valence-corrected chi connectivity index (χ0v) is 18.7. The summed E-state index contributed by atoms with van der Waals surface area (Å²) in [6, 6.07) is 11.9. The van der Waals surface area contributed by atoms with E-state index in [0.717, 1.165) is 40.7 Å². The number of methoxy groups -OCH3 is 2. The third-order valence-corrected chi connectivity index (χ3v) is 6.23. The molecule has 0 unspecified atom stereocenters. The lowest BCUT2D eigenvalue weighted by atomic mass is 9.87. The normalized spacial score (nSPS) is 20.3. The van der Waals surface area contributed by atoms with Crippen molar-refractivity contribution in [2.45, 2.75) is 31.3 Å². The van der Waals surface area contributed by atoms with Crippen LogP contribution in [-0.4, -0.2) is 54.3 Å². The Bertz CT molecular complexity index is 936. The molecular weight excluding hydrogens is 412 g/mol. The fourth-order valence-electron chi connectivity index (χ4n) is 3.98.